The minimum Gasteiger partial charge on any atom is -0.507 e. The number of primary amides is 1. The number of hydrogen-bond acceptors (Lipinski definition) is 25. The number of likely N-dealkylation sites (N-methyl/N-ethyl adjacent to an activating group) is 1. The Bertz CT molecular complexity index is 4030. The lowest BCUT2D eigenvalue weighted by atomic mass is 9.86. The molecule has 6 amide bonds. The molecule has 7 aliphatic rings. The maximum absolute atomic E-state index is 15.6. The van der Waals surface area contributed by atoms with E-state index in [9.17, 15) is 55.2 Å². The highest BCUT2D eigenvalue weighted by Crippen LogP contribution is 2.50. The van der Waals surface area contributed by atoms with Crippen LogP contribution in [0.2, 0.25) is 10.0 Å². The molecule has 7 aliphatic heterocycles. The quantitative estimate of drug-likeness (QED) is 0.0659. The first-order chi connectivity index (χ1) is 48.4. The van der Waals surface area contributed by atoms with Gasteiger partial charge in [0.1, 0.15) is 94.5 Å². The van der Waals surface area contributed by atoms with Gasteiger partial charge in [0.15, 0.2) is 23.9 Å². The molecule has 5 aromatic rings. The molecule has 2 fully saturated rings. The fourth-order valence-electron chi connectivity index (χ4n) is 12.8. The number of hydrogen-bond donors (Lipinski definition) is 17. The molecule has 0 spiro atoms. The number of fused-ring (bicyclic) bond motifs is 15. The van der Waals surface area contributed by atoms with Crippen molar-refractivity contribution < 1.29 is 108 Å². The van der Waals surface area contributed by atoms with E-state index >= 15 is 14.4 Å². The molecule has 0 aliphatic carbocycles. The van der Waals surface area contributed by atoms with Crippen LogP contribution in [-0.4, -0.2) is 195 Å². The lowest BCUT2D eigenvalue weighted by Crippen LogP contribution is -2.64. The Morgan fingerprint density at radius 2 is 1.37 bits per heavy atom. The number of aliphatic hydroxyl groups excluding tert-OH is 7. The number of phenols is 1. The summed E-state index contributed by atoms with van der Waals surface area (Å²) in [5.74, 6) is -8.85. The van der Waals surface area contributed by atoms with Crippen molar-refractivity contribution in [3.05, 3.63) is 117 Å². The van der Waals surface area contributed by atoms with Crippen LogP contribution in [0.1, 0.15) is 105 Å². The van der Waals surface area contributed by atoms with Crippen LogP contribution in [0.5, 0.6) is 46.0 Å². The Kier molecular flexibility index (Phi) is 23.8. The molecule has 31 nitrogen and oxygen atoms in total. The summed E-state index contributed by atoms with van der Waals surface area (Å²) in [5, 5.41) is 111. The molecule has 5 aromatic carbocycles. The van der Waals surface area contributed by atoms with E-state index in [2.05, 4.69) is 37.2 Å². The molecule has 18 atom stereocenters. The highest BCUT2D eigenvalue weighted by Gasteiger charge is 2.51. The molecule has 34 heteroatoms. The number of aliphatic hydroxyl groups is 7. The van der Waals surface area contributed by atoms with Gasteiger partial charge in [-0.3, -0.25) is 28.8 Å². The second-order valence-corrected chi connectivity index (χ2v) is 27.3. The van der Waals surface area contributed by atoms with Gasteiger partial charge >= 0.3 is 0 Å². The van der Waals surface area contributed by atoms with E-state index in [-0.39, 0.29) is 90.7 Å². The lowest BCUT2D eigenvalue weighted by molar-refractivity contribution is -0.333. The Morgan fingerprint density at radius 1 is 0.735 bits per heavy atom. The number of carbonyl (C=O) groups excluding carboxylic acids is 6. The lowest BCUT2D eigenvalue weighted by Gasteiger charge is -2.47. The number of ether oxygens (including phenoxy) is 8. The van der Waals surface area contributed by atoms with Gasteiger partial charge in [0.05, 0.1) is 68.2 Å². The molecule has 2 saturated heterocycles. The molecule has 550 valence electrons. The van der Waals surface area contributed by atoms with Crippen LogP contribution in [0.3, 0.4) is 0 Å². The van der Waals surface area contributed by atoms with Crippen molar-refractivity contribution >= 4 is 75.9 Å². The van der Waals surface area contributed by atoms with Crippen molar-refractivity contribution in [2.24, 2.45) is 17.4 Å². The number of carbonyl (C=O) groups is 6. The number of halogens is 2. The first-order valence-corrected chi connectivity index (χ1v) is 33.6. The highest BCUT2D eigenvalue weighted by atomic mass is 35.5. The minimum absolute atomic E-state index is 0.0384. The first kappa shape index (κ1) is 76.4. The summed E-state index contributed by atoms with van der Waals surface area (Å²) in [5.41, 5.74) is 10.7. The van der Waals surface area contributed by atoms with E-state index in [1.54, 1.807) is 6.92 Å². The minimum atomic E-state index is -2.02. The molecule has 0 aromatic heterocycles. The van der Waals surface area contributed by atoms with Gasteiger partial charge in [-0.1, -0.05) is 67.5 Å². The van der Waals surface area contributed by atoms with Crippen molar-refractivity contribution in [1.82, 2.24) is 37.2 Å². The van der Waals surface area contributed by atoms with Crippen LogP contribution in [0.15, 0.2) is 78.9 Å². The number of methoxy groups -OCH3 is 2. The topological polar surface area (TPSA) is 474 Å². The zero-order chi connectivity index (χ0) is 74.1. The SMILES string of the molecule is CN[C@H](CC(C)C)C(=O)N[C@H]1C(=O)N[C@@H](CC(N)=O)C(=O)N[C@H]2C(=S)N[C@H]3C(=O)N[C@H](C(=O)N[C@H](CO)c4cc(OC)cc(OC)c4-c4cc3ccc4O)[C@H](O)c3ccc(c(Cl)c3)Oc3cc2cc(c3O[C@@H]2O[C@H](CO)[C@@H](O)[C@H](O)[C@H]2O[C@H]2C[C@](C)(N)[C@H](O)[C@H](C)O2)Oc2ccc(cc2Cl)[C@H]1O. The summed E-state index contributed by atoms with van der Waals surface area (Å²) >= 11 is 20.6. The fourth-order valence-corrected chi connectivity index (χ4v) is 13.5. The monoisotopic (exact) mass is 1480 g/mol. The summed E-state index contributed by atoms with van der Waals surface area (Å²) in [6.45, 7) is 5.03. The molecule has 12 rings (SSSR count). The van der Waals surface area contributed by atoms with Gasteiger partial charge in [-0.15, -0.1) is 0 Å². The number of thiocarbonyl (C=S) groups is 1. The fraction of sp³-hybridized carbons (Fsp3) is 0.456. The van der Waals surface area contributed by atoms with E-state index in [0.29, 0.717) is 0 Å². The molecular formula is C68H81Cl2N9O22S. The molecule has 19 N–H and O–H groups in total. The van der Waals surface area contributed by atoms with Crippen LogP contribution < -0.4 is 72.4 Å². The van der Waals surface area contributed by atoms with Gasteiger partial charge < -0.3 is 127 Å². The molecule has 7 heterocycles. The van der Waals surface area contributed by atoms with E-state index < -0.39 is 192 Å². The van der Waals surface area contributed by atoms with Crippen LogP contribution >= 0.6 is 35.4 Å². The van der Waals surface area contributed by atoms with Crippen molar-refractivity contribution in [1.29, 1.82) is 0 Å². The number of nitrogens with two attached hydrogens (primary N) is 2. The Hall–Kier alpha value is -8.29. The second-order valence-electron chi connectivity index (χ2n) is 26.0. The van der Waals surface area contributed by atoms with Crippen molar-refractivity contribution in [3.63, 3.8) is 0 Å². The molecule has 11 bridgehead atoms. The zero-order valence-corrected chi connectivity index (χ0v) is 58.4. The summed E-state index contributed by atoms with van der Waals surface area (Å²) in [6.07, 6.45) is -17.6. The number of rotatable bonds is 15. The van der Waals surface area contributed by atoms with Crippen LogP contribution in [0.25, 0.3) is 11.1 Å². The van der Waals surface area contributed by atoms with Crippen molar-refractivity contribution in [3.8, 4) is 57.1 Å². The normalized spacial score (nSPS) is 29.3. The molecule has 0 saturated carbocycles. The van der Waals surface area contributed by atoms with Gasteiger partial charge in [-0.2, -0.15) is 0 Å². The Labute approximate surface area is 599 Å². The molecule has 102 heavy (non-hydrogen) atoms. The predicted octanol–water partition coefficient (Wildman–Crippen LogP) is 1.42. The smallest absolute Gasteiger partial charge is 0.247 e. The standard InChI is InChI=1S/C68H81Cl2N9O22S/c1-26(2)14-37(73-5)61(89)77-52-54(84)29-9-12-41(35(69)16-29)97-44-18-31-19-45(58(44)101-67-59(57(87)56(86)46(25-81)99-67)100-48-23-68(4,72)60(88)27(3)96-48)98-42-13-10-30(17-36(42)70)55(85)53-65(93)75-39(24-80)33-20-32(94-6)21-43(95-7)49(33)34-15-28(8-11-40(34)82)50(63(91)78-53)79-66(102)51(31)76-62(90)38(22-47(71)83)74-64(52)92/h8-13,15-21,26-27,37-39,46,48,50-57,59-60,67,73,80-82,84-88H,14,22-25,72H2,1-7H3,(H2,71,83)(H,74,92)(H,75,93)(H,76,90)(H,77,89)(H,78,91)(H,79,102)/t27-,37+,38-,39+,46+,48-,50+,51+,52+,53-,54+,55+,56+,57-,59+,60+,67-,68-/m0/s1. The third-order valence-corrected chi connectivity index (χ3v) is 19.2. The summed E-state index contributed by atoms with van der Waals surface area (Å²) < 4.78 is 50.3. The van der Waals surface area contributed by atoms with E-state index in [1.165, 1.54) is 107 Å². The van der Waals surface area contributed by atoms with Gasteiger partial charge in [0.2, 0.25) is 47.5 Å². The Morgan fingerprint density at radius 3 is 1.95 bits per heavy atom. The van der Waals surface area contributed by atoms with Gasteiger partial charge in [0, 0.05) is 29.2 Å². The average molecular weight is 1480 g/mol. The first-order valence-electron chi connectivity index (χ1n) is 32.4. The largest absolute Gasteiger partial charge is 0.507 e. The predicted molar refractivity (Wildman–Crippen MR) is 366 cm³/mol. The number of amides is 6. The second kappa shape index (κ2) is 31.8. The van der Waals surface area contributed by atoms with Crippen LogP contribution in [0.4, 0.5) is 0 Å². The third kappa shape index (κ3) is 16.2. The zero-order valence-electron chi connectivity index (χ0n) is 56.0. The summed E-state index contributed by atoms with van der Waals surface area (Å²) in [7, 11) is 4.18. The van der Waals surface area contributed by atoms with Crippen molar-refractivity contribution in [2.45, 2.75) is 156 Å². The summed E-state index contributed by atoms with van der Waals surface area (Å²) in [6, 6.07) is 4.68. The van der Waals surface area contributed by atoms with Crippen LogP contribution in [-0.2, 0) is 43.0 Å². The van der Waals surface area contributed by atoms with E-state index in [4.69, 9.17) is 84.8 Å². The number of phenolic OH excluding ortho intramolecular Hbond substituents is 1. The molecule has 0 unspecified atom stereocenters. The third-order valence-electron chi connectivity index (χ3n) is 18.2. The number of aromatic hydroxyl groups is 1. The number of nitrogens with one attached hydrogen (secondary N) is 7. The maximum atomic E-state index is 15.6. The summed E-state index contributed by atoms with van der Waals surface area (Å²) in [4.78, 5) is 87.9. The van der Waals surface area contributed by atoms with Crippen LogP contribution in [0, 0.1) is 5.92 Å². The van der Waals surface area contributed by atoms with Crippen molar-refractivity contribution in [2.75, 3.05) is 34.5 Å². The van der Waals surface area contributed by atoms with E-state index in [1.807, 2.05) is 13.8 Å². The molecule has 0 radical (unpaired) electrons. The number of benzene rings is 5. The van der Waals surface area contributed by atoms with Gasteiger partial charge in [-0.25, -0.2) is 0 Å². The van der Waals surface area contributed by atoms with E-state index in [0.717, 1.165) is 0 Å². The van der Waals surface area contributed by atoms with Gasteiger partial charge in [-0.05, 0) is 116 Å². The average Bonchev–Trinajstić information content (AvgIpc) is 0.768. The Balaban J connectivity index is 1.24. The maximum Gasteiger partial charge on any atom is 0.247 e. The highest BCUT2D eigenvalue weighted by molar-refractivity contribution is 7.80. The van der Waals surface area contributed by atoms with Gasteiger partial charge in [0.25, 0.3) is 0 Å². The molecular weight excluding hydrogens is 1400 g/mol.